The average molecular weight is 300 g/mol. The molecule has 1 saturated heterocycles. The van der Waals surface area contributed by atoms with Gasteiger partial charge in [0.25, 0.3) is 0 Å². The Hall–Kier alpha value is -0.420. The fourth-order valence-electron chi connectivity index (χ4n) is 2.06. The summed E-state index contributed by atoms with van der Waals surface area (Å²) in [6, 6.07) is 8.58. The van der Waals surface area contributed by atoms with E-state index in [-0.39, 0.29) is 12.1 Å². The van der Waals surface area contributed by atoms with Crippen molar-refractivity contribution in [3.8, 4) is 0 Å². The van der Waals surface area contributed by atoms with Gasteiger partial charge in [-0.15, -0.1) is 0 Å². The summed E-state index contributed by atoms with van der Waals surface area (Å²) in [5, 5.41) is 3.32. The third-order valence-electron chi connectivity index (χ3n) is 3.06. The number of rotatable bonds is 4. The van der Waals surface area contributed by atoms with Gasteiger partial charge in [-0.1, -0.05) is 34.1 Å². The van der Waals surface area contributed by atoms with Gasteiger partial charge < -0.3 is 14.8 Å². The quantitative estimate of drug-likeness (QED) is 0.922. The van der Waals surface area contributed by atoms with Crippen molar-refractivity contribution < 1.29 is 9.47 Å². The fraction of sp³-hybridized carbons (Fsp3) is 0.538. The van der Waals surface area contributed by atoms with Crippen LogP contribution in [0.3, 0.4) is 0 Å². The molecule has 1 N–H and O–H groups in total. The highest BCUT2D eigenvalue weighted by molar-refractivity contribution is 9.10. The highest BCUT2D eigenvalue weighted by Crippen LogP contribution is 2.19. The van der Waals surface area contributed by atoms with E-state index in [0.29, 0.717) is 19.8 Å². The molecule has 1 heterocycles. The van der Waals surface area contributed by atoms with Gasteiger partial charge in [0.05, 0.1) is 25.9 Å². The lowest BCUT2D eigenvalue weighted by atomic mass is 10.0. The van der Waals surface area contributed by atoms with Crippen molar-refractivity contribution >= 4 is 15.9 Å². The van der Waals surface area contributed by atoms with Crippen LogP contribution in [0, 0.1) is 0 Å². The number of hydrogen-bond acceptors (Lipinski definition) is 3. The minimum atomic E-state index is 0.140. The summed E-state index contributed by atoms with van der Waals surface area (Å²) in [6.07, 6.45) is 1.08. The van der Waals surface area contributed by atoms with Gasteiger partial charge in [-0.3, -0.25) is 0 Å². The van der Waals surface area contributed by atoms with Crippen molar-refractivity contribution in [1.82, 2.24) is 5.32 Å². The van der Waals surface area contributed by atoms with E-state index < -0.39 is 0 Å². The second-order valence-electron chi connectivity index (χ2n) is 4.17. The van der Waals surface area contributed by atoms with Gasteiger partial charge in [0.2, 0.25) is 0 Å². The summed E-state index contributed by atoms with van der Waals surface area (Å²) < 4.78 is 12.3. The van der Waals surface area contributed by atoms with Crippen LogP contribution in [0.15, 0.2) is 28.7 Å². The molecular formula is C13H18BrNO2. The van der Waals surface area contributed by atoms with Gasteiger partial charge in [-0.05, 0) is 25.1 Å². The number of halogens is 1. The molecule has 0 radical (unpaired) electrons. The minimum absolute atomic E-state index is 0.140. The zero-order valence-electron chi connectivity index (χ0n) is 9.99. The maximum Gasteiger partial charge on any atom is 0.0965 e. The van der Waals surface area contributed by atoms with Crippen molar-refractivity contribution in [2.24, 2.45) is 0 Å². The molecule has 2 rings (SSSR count). The summed E-state index contributed by atoms with van der Waals surface area (Å²) in [7, 11) is 1.97. The molecule has 0 aromatic heterocycles. The zero-order chi connectivity index (χ0) is 12.1. The largest absolute Gasteiger partial charge is 0.376 e. The number of benzene rings is 1. The SMILES string of the molecule is CNC(Cc1ccccc1Br)C1COCCO1. The summed E-state index contributed by atoms with van der Waals surface area (Å²) in [5.74, 6) is 0. The number of likely N-dealkylation sites (N-methyl/N-ethyl adjacent to an activating group) is 1. The van der Waals surface area contributed by atoms with Crippen LogP contribution in [0.2, 0.25) is 0 Å². The standard InChI is InChI=1S/C13H18BrNO2/c1-15-12(13-9-16-6-7-17-13)8-10-4-2-3-5-11(10)14/h2-5,12-13,15H,6-9H2,1H3. The van der Waals surface area contributed by atoms with Crippen LogP contribution in [0.1, 0.15) is 5.56 Å². The van der Waals surface area contributed by atoms with Crippen LogP contribution in [0.25, 0.3) is 0 Å². The van der Waals surface area contributed by atoms with Gasteiger partial charge in [-0.2, -0.15) is 0 Å². The van der Waals surface area contributed by atoms with E-state index in [1.807, 2.05) is 13.1 Å². The van der Waals surface area contributed by atoms with Crippen LogP contribution in [-0.2, 0) is 15.9 Å². The first kappa shape index (κ1) is 13.0. The van der Waals surface area contributed by atoms with E-state index in [9.17, 15) is 0 Å². The van der Waals surface area contributed by atoms with Crippen LogP contribution >= 0.6 is 15.9 Å². The molecule has 1 aromatic rings. The maximum absolute atomic E-state index is 5.74. The molecule has 4 heteroatoms. The predicted octanol–water partition coefficient (Wildman–Crippen LogP) is 1.99. The van der Waals surface area contributed by atoms with Gasteiger partial charge in [0.15, 0.2) is 0 Å². The lowest BCUT2D eigenvalue weighted by Crippen LogP contribution is -2.46. The molecule has 3 nitrogen and oxygen atoms in total. The Morgan fingerprint density at radius 1 is 1.41 bits per heavy atom. The molecule has 1 aromatic carbocycles. The molecule has 0 aliphatic carbocycles. The van der Waals surface area contributed by atoms with Crippen LogP contribution in [-0.4, -0.2) is 39.0 Å². The highest BCUT2D eigenvalue weighted by Gasteiger charge is 2.24. The van der Waals surface area contributed by atoms with Crippen LogP contribution in [0.5, 0.6) is 0 Å². The third-order valence-corrected chi connectivity index (χ3v) is 3.83. The zero-order valence-corrected chi connectivity index (χ0v) is 11.6. The Kier molecular flexibility index (Phi) is 4.98. The molecule has 0 spiro atoms. The van der Waals surface area contributed by atoms with Crippen molar-refractivity contribution in [3.05, 3.63) is 34.3 Å². The number of ether oxygens (including phenoxy) is 2. The molecule has 1 aliphatic rings. The maximum atomic E-state index is 5.74. The topological polar surface area (TPSA) is 30.5 Å². The monoisotopic (exact) mass is 299 g/mol. The third kappa shape index (κ3) is 3.52. The molecule has 0 bridgehead atoms. The highest BCUT2D eigenvalue weighted by atomic mass is 79.9. The van der Waals surface area contributed by atoms with E-state index in [2.05, 4.69) is 39.4 Å². The molecule has 2 atom stereocenters. The molecule has 0 amide bonds. The molecule has 1 aliphatic heterocycles. The van der Waals surface area contributed by atoms with E-state index in [1.165, 1.54) is 5.56 Å². The Labute approximate surface area is 111 Å². The van der Waals surface area contributed by atoms with Crippen molar-refractivity contribution in [2.45, 2.75) is 18.6 Å². The van der Waals surface area contributed by atoms with Gasteiger partial charge in [0, 0.05) is 10.5 Å². The normalized spacial score (nSPS) is 22.4. The number of hydrogen-bond donors (Lipinski definition) is 1. The first-order valence-corrected chi connectivity index (χ1v) is 6.70. The summed E-state index contributed by atoms with van der Waals surface area (Å²) >= 11 is 3.58. The molecule has 17 heavy (non-hydrogen) atoms. The molecule has 1 fully saturated rings. The van der Waals surface area contributed by atoms with Crippen LogP contribution in [0.4, 0.5) is 0 Å². The smallest absolute Gasteiger partial charge is 0.0965 e. The lowest BCUT2D eigenvalue weighted by molar-refractivity contribution is -0.100. The summed E-state index contributed by atoms with van der Waals surface area (Å²) in [6.45, 7) is 2.08. The Morgan fingerprint density at radius 3 is 2.88 bits per heavy atom. The van der Waals surface area contributed by atoms with Gasteiger partial charge in [0.1, 0.15) is 0 Å². The van der Waals surface area contributed by atoms with Crippen molar-refractivity contribution in [2.75, 3.05) is 26.9 Å². The summed E-state index contributed by atoms with van der Waals surface area (Å²) in [4.78, 5) is 0. The van der Waals surface area contributed by atoms with Crippen LogP contribution < -0.4 is 5.32 Å². The van der Waals surface area contributed by atoms with E-state index in [4.69, 9.17) is 9.47 Å². The number of nitrogens with one attached hydrogen (secondary N) is 1. The average Bonchev–Trinajstić information content (AvgIpc) is 2.39. The molecule has 2 unspecified atom stereocenters. The Bertz CT molecular complexity index is 353. The van der Waals surface area contributed by atoms with E-state index in [1.54, 1.807) is 0 Å². The first-order chi connectivity index (χ1) is 8.31. The Balaban J connectivity index is 2.01. The molecule has 94 valence electrons. The fourth-order valence-corrected chi connectivity index (χ4v) is 2.51. The second-order valence-corrected chi connectivity index (χ2v) is 5.03. The van der Waals surface area contributed by atoms with E-state index >= 15 is 0 Å². The van der Waals surface area contributed by atoms with Crippen molar-refractivity contribution in [1.29, 1.82) is 0 Å². The minimum Gasteiger partial charge on any atom is -0.376 e. The molecule has 0 saturated carbocycles. The lowest BCUT2D eigenvalue weighted by Gasteiger charge is -2.30. The van der Waals surface area contributed by atoms with Crippen molar-refractivity contribution in [3.63, 3.8) is 0 Å². The van der Waals surface area contributed by atoms with E-state index in [0.717, 1.165) is 10.9 Å². The van der Waals surface area contributed by atoms with Gasteiger partial charge in [-0.25, -0.2) is 0 Å². The van der Waals surface area contributed by atoms with Gasteiger partial charge >= 0.3 is 0 Å². The summed E-state index contributed by atoms with van der Waals surface area (Å²) in [5.41, 5.74) is 1.29. The molecular weight excluding hydrogens is 282 g/mol. The Morgan fingerprint density at radius 2 is 2.24 bits per heavy atom. The second kappa shape index (κ2) is 6.50. The first-order valence-electron chi connectivity index (χ1n) is 5.91. The predicted molar refractivity (Wildman–Crippen MR) is 71.3 cm³/mol.